The lowest BCUT2D eigenvalue weighted by molar-refractivity contribution is -0.146. The van der Waals surface area contributed by atoms with Gasteiger partial charge in [-0.05, 0) is 165 Å². The van der Waals surface area contributed by atoms with Gasteiger partial charge in [0.05, 0.1) is 94.1 Å². The number of nitrogens with zero attached hydrogens (tertiary/aromatic N) is 18. The summed E-state index contributed by atoms with van der Waals surface area (Å²) in [6.45, 7) is 22.4. The molecular weight excluding hydrogens is 1760 g/mol. The lowest BCUT2D eigenvalue weighted by Gasteiger charge is -2.44. The topological polar surface area (TPSA) is 378 Å². The Morgan fingerprint density at radius 2 is 0.796 bits per heavy atom. The van der Waals surface area contributed by atoms with E-state index in [1.165, 1.54) is 38.7 Å². The van der Waals surface area contributed by atoms with Crippen molar-refractivity contribution in [2.45, 2.75) is 126 Å². The number of piperidine rings is 3. The van der Waals surface area contributed by atoms with E-state index in [0.717, 1.165) is 135 Å². The number of carbonyl (C=O) groups excluding carboxylic acids is 4. The third-order valence-electron chi connectivity index (χ3n) is 26.9. The molecule has 3 aromatic heterocycles. The lowest BCUT2D eigenvalue weighted by atomic mass is 10.0. The number of fused-ring (bicyclic) bond motifs is 1. The van der Waals surface area contributed by atoms with Crippen LogP contribution in [0.2, 0.25) is 0 Å². The standard InChI is InChI=1S/C35H38FN7O4.C34H40FN7O4.C32H36FN7O4/c36-30-21-43(35(45)24-1-7-29(44)18-24)12-10-32(30)47-31-8-2-23(17-25(31)19-37)34-38-11-9-33(40-34)39-26-3-5-27(6-4-26)42-14-13-41-15-16-46-22-28(41)20-42;1-22(2)32(43)34(44)42-12-10-30(28(35)19-42)46-29-8-3-23(17-24(29)18-36)33-37-11-9-31(39-33)38-25-4-6-26(7-5-25)40-13-15-41(16-14-40)27-20-45-21-27;1-21(41)32(42)40-11-9-29(27(33)18-40)44-28-7-2-22(16-23(28)17-34)31-35-10-8-30(37-31)36-24-3-5-25(6-4-24)38-12-14-39(15-13-38)26-19-43-20-26/h2-6,8-9,11,17,24,28,30,32H,1,7,10,12-16,18,20-22H2,(H,38,39,40);3-9,11,17,22,27-28,30,32,43H,10,12-16,19-21H2,1-2H3,(H,37,38,39);2-8,10,16,21,26-27,29,41H,9,11-15,18-20H2,1H3,(H,35,36,37)/t24-,28-,30-,32+;28-,30+,32-;21-,27-,29+/m111/s1. The van der Waals surface area contributed by atoms with E-state index in [1.807, 2.05) is 36.4 Å². The number of hydrogen-bond acceptors (Lipinski definition) is 30. The number of aliphatic hydroxyl groups excluding tert-OH is 2. The fraction of sp³-hybridized carbons (Fsp3) is 0.455. The van der Waals surface area contributed by atoms with Crippen molar-refractivity contribution >= 4 is 75.1 Å². The van der Waals surface area contributed by atoms with E-state index in [9.17, 15) is 49.6 Å². The number of aromatic nitrogens is 6. The molecule has 3 amide bonds. The van der Waals surface area contributed by atoms with Crippen molar-refractivity contribution in [3.8, 4) is 69.6 Å². The second kappa shape index (κ2) is 44.3. The highest BCUT2D eigenvalue weighted by Gasteiger charge is 2.42. The van der Waals surface area contributed by atoms with Crippen molar-refractivity contribution in [2.75, 3.05) is 188 Å². The average Bonchev–Trinajstić information content (AvgIpc) is 1.66. The number of benzene rings is 6. The predicted octanol–water partition coefficient (Wildman–Crippen LogP) is 10.6. The highest BCUT2D eigenvalue weighted by Crippen LogP contribution is 2.37. The van der Waals surface area contributed by atoms with Gasteiger partial charge in [0, 0.05) is 206 Å². The molecular formula is C101H114F3N21O12. The van der Waals surface area contributed by atoms with E-state index in [1.54, 1.807) is 105 Å². The molecule has 19 rings (SSSR count). The van der Waals surface area contributed by atoms with Crippen molar-refractivity contribution in [1.29, 1.82) is 15.8 Å². The van der Waals surface area contributed by atoms with Crippen molar-refractivity contribution in [3.63, 3.8) is 0 Å². The van der Waals surface area contributed by atoms with Gasteiger partial charge in [0.1, 0.15) is 89.2 Å². The van der Waals surface area contributed by atoms with Gasteiger partial charge in [0.15, 0.2) is 36.0 Å². The first-order chi connectivity index (χ1) is 66.6. The minimum Gasteiger partial charge on any atom is -0.486 e. The fourth-order valence-electron chi connectivity index (χ4n) is 18.7. The summed E-state index contributed by atoms with van der Waals surface area (Å²) >= 11 is 0. The minimum absolute atomic E-state index is 0.0859. The number of likely N-dealkylation sites (tertiary alicyclic amines) is 3. The van der Waals surface area contributed by atoms with Gasteiger partial charge < -0.3 is 84.0 Å². The Morgan fingerprint density at radius 3 is 1.15 bits per heavy atom. The molecule has 9 aliphatic heterocycles. The van der Waals surface area contributed by atoms with Crippen molar-refractivity contribution in [2.24, 2.45) is 11.8 Å². The first-order valence-electron chi connectivity index (χ1n) is 47.2. The zero-order valence-electron chi connectivity index (χ0n) is 77.0. The number of amides is 3. The summed E-state index contributed by atoms with van der Waals surface area (Å²) in [6.07, 6.45) is -2.14. The largest absolute Gasteiger partial charge is 0.486 e. The second-order valence-electron chi connectivity index (χ2n) is 36.5. The molecule has 0 bridgehead atoms. The number of morpholine rings is 1. The first-order valence-corrected chi connectivity index (χ1v) is 47.2. The van der Waals surface area contributed by atoms with Crippen molar-refractivity contribution in [3.05, 3.63) is 181 Å². The van der Waals surface area contributed by atoms with Crippen LogP contribution >= 0.6 is 0 Å². The van der Waals surface area contributed by atoms with Crippen LogP contribution in [0.3, 0.4) is 0 Å². The van der Waals surface area contributed by atoms with Gasteiger partial charge in [-0.2, -0.15) is 15.8 Å². The van der Waals surface area contributed by atoms with E-state index >= 15 is 8.78 Å². The number of hydrogen-bond donors (Lipinski definition) is 5. The Kier molecular flexibility index (Phi) is 30.9. The van der Waals surface area contributed by atoms with Gasteiger partial charge in [-0.1, -0.05) is 13.8 Å². The summed E-state index contributed by atoms with van der Waals surface area (Å²) in [5.41, 5.74) is 8.82. The second-order valence-corrected chi connectivity index (χ2v) is 36.5. The molecule has 0 spiro atoms. The van der Waals surface area contributed by atoms with Crippen LogP contribution in [-0.2, 0) is 33.4 Å². The van der Waals surface area contributed by atoms with Crippen LogP contribution in [0.15, 0.2) is 164 Å². The molecule has 9 aromatic rings. The van der Waals surface area contributed by atoms with Gasteiger partial charge in [0.25, 0.3) is 11.8 Å². The van der Waals surface area contributed by atoms with Crippen LogP contribution in [0.1, 0.15) is 76.0 Å². The Hall–Kier alpha value is -13.2. The number of ether oxygens (including phenoxy) is 6. The fourth-order valence-corrected chi connectivity index (χ4v) is 18.7. The van der Waals surface area contributed by atoms with E-state index in [4.69, 9.17) is 28.4 Å². The van der Waals surface area contributed by atoms with Crippen LogP contribution in [-0.4, -0.2) is 318 Å². The predicted molar refractivity (Wildman–Crippen MR) is 507 cm³/mol. The highest BCUT2D eigenvalue weighted by atomic mass is 19.1. The normalized spacial score (nSPS) is 22.7. The molecule has 33 nitrogen and oxygen atoms in total. The SMILES string of the molecule is CC(C)[C@@H](O)C(=O)N1CC[C@H](Oc2ccc(-c3nccc(Nc4ccc(N5CCN(C6COC6)CC5)cc4)n3)cc2C#N)[C@H](F)C1.C[C@@H](O)C(=O)N1CC[C@H](Oc2ccc(-c3nccc(Nc4ccc(N5CCN(C6COC6)CC5)cc4)n3)cc2C#N)[C@H](F)C1.N#Cc1cc(-c2nccc(Nc3ccc(N4CCN5CCOC[C@H]5C4)cc3)n2)ccc1O[C@H]1CCN(C(=O)[C@@H]2CCC(=O)C2)C[C@H]1F. The third-order valence-corrected chi connectivity index (χ3v) is 26.9. The zero-order chi connectivity index (χ0) is 95.2. The van der Waals surface area contributed by atoms with Crippen LogP contribution in [0.25, 0.3) is 34.2 Å². The van der Waals surface area contributed by atoms with Crippen LogP contribution in [0.5, 0.6) is 17.2 Å². The van der Waals surface area contributed by atoms with Gasteiger partial charge in [-0.25, -0.2) is 43.1 Å². The number of aliphatic hydroxyl groups is 2. The summed E-state index contributed by atoms with van der Waals surface area (Å²) < 4.78 is 79.3. The smallest absolute Gasteiger partial charge is 0.251 e. The number of Topliss-reactive ketones (excluding diaryl/α,β-unsaturated/α-hetero) is 1. The van der Waals surface area contributed by atoms with Crippen LogP contribution in [0.4, 0.5) is 64.7 Å². The summed E-state index contributed by atoms with van der Waals surface area (Å²) in [7, 11) is 0. The molecule has 6 aromatic carbocycles. The zero-order valence-corrected chi connectivity index (χ0v) is 77.0. The number of ketones is 1. The van der Waals surface area contributed by atoms with Crippen molar-refractivity contribution in [1.82, 2.24) is 59.3 Å². The monoisotopic (exact) mass is 1870 g/mol. The summed E-state index contributed by atoms with van der Waals surface area (Å²) in [5.74, 6) is 2.25. The molecule has 10 atom stereocenters. The van der Waals surface area contributed by atoms with Gasteiger partial charge >= 0.3 is 0 Å². The highest BCUT2D eigenvalue weighted by molar-refractivity contribution is 5.90. The van der Waals surface area contributed by atoms with Crippen LogP contribution in [0, 0.1) is 45.8 Å². The number of rotatable bonds is 24. The average molecular weight is 1870 g/mol. The molecule has 10 aliphatic rings. The number of piperazine rings is 3. The molecule has 5 N–H and O–H groups in total. The molecule has 137 heavy (non-hydrogen) atoms. The Balaban J connectivity index is 0.000000142. The summed E-state index contributed by atoms with van der Waals surface area (Å²) in [6, 6.07) is 53.3. The van der Waals surface area contributed by atoms with E-state index in [-0.39, 0.29) is 109 Å². The lowest BCUT2D eigenvalue weighted by Crippen LogP contribution is -2.58. The quantitative estimate of drug-likeness (QED) is 0.0375. The molecule has 9 saturated heterocycles. The van der Waals surface area contributed by atoms with Crippen molar-refractivity contribution < 1.29 is 71.0 Å². The number of carbonyl (C=O) groups is 4. The molecule has 1 aliphatic carbocycles. The maximum atomic E-state index is 15.2. The number of nitrogens with one attached hydrogen (secondary N) is 3. The number of halogens is 3. The summed E-state index contributed by atoms with van der Waals surface area (Å²) in [4.78, 5) is 94.9. The van der Waals surface area contributed by atoms with E-state index in [0.29, 0.717) is 95.5 Å². The van der Waals surface area contributed by atoms with Gasteiger partial charge in [-0.3, -0.25) is 33.9 Å². The van der Waals surface area contributed by atoms with E-state index in [2.05, 4.69) is 130 Å². The minimum atomic E-state index is -1.46. The first kappa shape index (κ1) is 95.5. The third kappa shape index (κ3) is 23.6. The Labute approximate surface area is 794 Å². The molecule has 10 fully saturated rings. The Bertz CT molecular complexity index is 5840. The molecule has 0 radical (unpaired) electrons. The number of anilines is 9. The van der Waals surface area contributed by atoms with Crippen LogP contribution < -0.4 is 44.9 Å². The van der Waals surface area contributed by atoms with Gasteiger partial charge in [0.2, 0.25) is 5.91 Å². The maximum Gasteiger partial charge on any atom is 0.251 e. The van der Waals surface area contributed by atoms with Gasteiger partial charge in [-0.15, -0.1) is 0 Å². The van der Waals surface area contributed by atoms with E-state index < -0.39 is 60.8 Å². The molecule has 716 valence electrons. The molecule has 36 heteroatoms. The molecule has 12 heterocycles. The summed E-state index contributed by atoms with van der Waals surface area (Å²) in [5, 5.41) is 59.2. The Morgan fingerprint density at radius 1 is 0.431 bits per heavy atom. The maximum absolute atomic E-state index is 15.2. The number of nitriles is 3. The number of alkyl halides is 3. The molecule has 1 saturated carbocycles. The molecule has 0 unspecified atom stereocenters.